The molecule has 18 heteroatoms. The Morgan fingerprint density at radius 1 is 0.947 bits per heavy atom. The van der Waals surface area contributed by atoms with Gasteiger partial charge in [0, 0.05) is 86.9 Å². The molecule has 3 N–H and O–H groups in total. The van der Waals surface area contributed by atoms with Gasteiger partial charge in [-0.05, 0) is 78.9 Å². The Morgan fingerprint density at radius 3 is 2.31 bits per heavy atom. The van der Waals surface area contributed by atoms with Crippen LogP contribution in [0.25, 0.3) is 10.4 Å². The number of aliphatic hydroxyl groups excluding tert-OH is 1. The van der Waals surface area contributed by atoms with Gasteiger partial charge in [-0.3, -0.25) is 24.1 Å². The Kier molecular flexibility index (Phi) is 15.3. The Labute approximate surface area is 448 Å². The summed E-state index contributed by atoms with van der Waals surface area (Å²) >= 11 is 7.85. The normalized spacial score (nSPS) is 21.7. The molecule has 4 amide bonds. The van der Waals surface area contributed by atoms with Crippen molar-refractivity contribution in [1.82, 2.24) is 35.3 Å². The van der Waals surface area contributed by atoms with E-state index in [0.29, 0.717) is 46.4 Å². The van der Waals surface area contributed by atoms with Crippen molar-refractivity contribution >= 4 is 52.4 Å². The SMILES string of the molecule is Cc1ncsc1-c1ccc([C@H](C)NC(=O)[C@@H]2C[C@@H](O)CN2C(=O)[C@H](C(C)C)N2Cc3cc(OCCN4CCN(c5ccc(C(=O)NC6C(C)(C)C(Oc7ccc(C#N)c(Cl)c7)C6(C)C)cn5)CC4)ccc3C2=O)cc1. The lowest BCUT2D eigenvalue weighted by molar-refractivity contribution is -0.164. The van der Waals surface area contributed by atoms with E-state index in [-0.39, 0.29) is 67.2 Å². The molecule has 0 bridgehead atoms. The summed E-state index contributed by atoms with van der Waals surface area (Å²) in [4.78, 5) is 73.6. The standard InChI is InChI=1S/C57H66ClN9O7S/c1-33(2)48(53(72)66-31-41(68)26-46(66)51(70)62-34(3)36-9-11-37(12-10-36)49-35(4)61-32-75-49)67-30-40-25-42(16-17-44(40)52(67)71)73-24-23-64-19-21-65(22-20-64)47-18-14-39(29-60-47)50(69)63-54-56(5,6)55(57(54,7)8)74-43-15-13-38(28-59)45(58)27-43/h9-18,25,27,29,32-34,41,46,48,54-55,68H,19-24,26,30-31H2,1-8H3,(H,62,70)(H,63,69)/t34-,41+,46-,48-,54?,55?/m0/s1. The van der Waals surface area contributed by atoms with Crippen molar-refractivity contribution in [2.45, 2.75) is 105 Å². The first kappa shape index (κ1) is 53.3. The highest BCUT2D eigenvalue weighted by Gasteiger charge is 2.64. The molecule has 5 heterocycles. The number of hydrogen-bond acceptors (Lipinski definition) is 13. The second-order valence-electron chi connectivity index (χ2n) is 21.8. The van der Waals surface area contributed by atoms with Crippen molar-refractivity contribution < 1.29 is 33.8 Å². The van der Waals surface area contributed by atoms with Crippen LogP contribution in [0.3, 0.4) is 0 Å². The van der Waals surface area contributed by atoms with Crippen molar-refractivity contribution in [1.29, 1.82) is 5.26 Å². The number of amides is 4. The van der Waals surface area contributed by atoms with E-state index < -0.39 is 29.0 Å². The van der Waals surface area contributed by atoms with Gasteiger partial charge in [0.1, 0.15) is 48.2 Å². The Hall–Kier alpha value is -6.58. The third-order valence-electron chi connectivity index (χ3n) is 15.6. The molecule has 3 aromatic carbocycles. The number of halogens is 1. The van der Waals surface area contributed by atoms with E-state index in [1.54, 1.807) is 52.8 Å². The molecular formula is C57H66ClN9O7S. The molecule has 3 aliphatic heterocycles. The minimum Gasteiger partial charge on any atom is -0.492 e. The molecule has 1 aliphatic carbocycles. The van der Waals surface area contributed by atoms with E-state index >= 15 is 0 Å². The number of nitriles is 1. The molecule has 16 nitrogen and oxygen atoms in total. The second kappa shape index (κ2) is 21.6. The van der Waals surface area contributed by atoms with Gasteiger partial charge in [0.05, 0.1) is 44.4 Å². The van der Waals surface area contributed by atoms with Gasteiger partial charge in [0.15, 0.2) is 0 Å². The number of fused-ring (bicyclic) bond motifs is 1. The Bertz CT molecular complexity index is 2970. The fourth-order valence-electron chi connectivity index (χ4n) is 11.8. The first-order valence-electron chi connectivity index (χ1n) is 25.7. The summed E-state index contributed by atoms with van der Waals surface area (Å²) in [6.07, 6.45) is 0.648. The van der Waals surface area contributed by atoms with E-state index in [9.17, 15) is 29.5 Å². The molecule has 4 atom stereocenters. The lowest BCUT2D eigenvalue weighted by atomic mass is 9.49. The number of anilines is 1. The minimum absolute atomic E-state index is 0.00183. The number of hydrogen-bond donors (Lipinski definition) is 3. The number of nitrogens with zero attached hydrogens (tertiary/aromatic N) is 7. The lowest BCUT2D eigenvalue weighted by Gasteiger charge is -2.63. The van der Waals surface area contributed by atoms with Crippen molar-refractivity contribution in [2.24, 2.45) is 16.7 Å². The number of ether oxygens (including phenoxy) is 2. The summed E-state index contributed by atoms with van der Waals surface area (Å²) in [7, 11) is 0. The number of piperazine rings is 1. The molecule has 2 saturated heterocycles. The first-order chi connectivity index (χ1) is 35.7. The zero-order valence-corrected chi connectivity index (χ0v) is 45.4. The van der Waals surface area contributed by atoms with E-state index in [4.69, 9.17) is 21.1 Å². The zero-order valence-electron chi connectivity index (χ0n) is 43.8. The van der Waals surface area contributed by atoms with Crippen molar-refractivity contribution in [3.05, 3.63) is 123 Å². The maximum absolute atomic E-state index is 14.5. The number of aromatic nitrogens is 2. The van der Waals surface area contributed by atoms with Gasteiger partial charge in [0.2, 0.25) is 11.8 Å². The fraction of sp³-hybridized carbons (Fsp3) is 0.456. The lowest BCUT2D eigenvalue weighted by Crippen LogP contribution is -2.74. The fourth-order valence-corrected chi connectivity index (χ4v) is 12.8. The summed E-state index contributed by atoms with van der Waals surface area (Å²) < 4.78 is 12.6. The van der Waals surface area contributed by atoms with Crippen molar-refractivity contribution in [3.8, 4) is 28.0 Å². The predicted octanol–water partition coefficient (Wildman–Crippen LogP) is 7.67. The highest BCUT2D eigenvalue weighted by Crippen LogP contribution is 2.55. The third-order valence-corrected chi connectivity index (χ3v) is 16.9. The third kappa shape index (κ3) is 10.8. The highest BCUT2D eigenvalue weighted by atomic mass is 35.5. The summed E-state index contributed by atoms with van der Waals surface area (Å²) in [5.74, 6) is 0.580. The summed E-state index contributed by atoms with van der Waals surface area (Å²) in [6.45, 7) is 20.4. The molecule has 3 fully saturated rings. The van der Waals surface area contributed by atoms with Crippen LogP contribution in [0.5, 0.6) is 11.5 Å². The van der Waals surface area contributed by atoms with Crippen LogP contribution in [-0.2, 0) is 16.1 Å². The van der Waals surface area contributed by atoms with Crippen LogP contribution >= 0.6 is 22.9 Å². The van der Waals surface area contributed by atoms with Crippen LogP contribution in [0.15, 0.2) is 84.5 Å². The number of benzene rings is 3. The number of aliphatic hydroxyl groups is 1. The number of β-amino-alcohol motifs (C(OH)–C–C–N with tert-alkyl or cyclic N) is 1. The summed E-state index contributed by atoms with van der Waals surface area (Å²) in [6, 6.07) is 22.0. The molecule has 0 spiro atoms. The molecule has 4 aliphatic rings. The molecule has 9 rings (SSSR count). The van der Waals surface area contributed by atoms with Gasteiger partial charge in [-0.2, -0.15) is 5.26 Å². The number of thiazole rings is 1. The van der Waals surface area contributed by atoms with E-state index in [2.05, 4.69) is 64.2 Å². The van der Waals surface area contributed by atoms with E-state index in [1.165, 1.54) is 4.90 Å². The van der Waals surface area contributed by atoms with Gasteiger partial charge >= 0.3 is 0 Å². The van der Waals surface area contributed by atoms with Crippen LogP contribution in [-0.4, -0.2) is 130 Å². The van der Waals surface area contributed by atoms with Crippen LogP contribution < -0.4 is 25.0 Å². The van der Waals surface area contributed by atoms with Crippen LogP contribution in [0, 0.1) is 35.0 Å². The number of aryl methyl sites for hydroxylation is 1. The Morgan fingerprint density at radius 2 is 1.67 bits per heavy atom. The van der Waals surface area contributed by atoms with Crippen LogP contribution in [0.1, 0.15) is 104 Å². The van der Waals surface area contributed by atoms with Gasteiger partial charge in [-0.15, -0.1) is 11.3 Å². The maximum atomic E-state index is 14.5. The Balaban J connectivity index is 0.734. The molecule has 0 radical (unpaired) electrons. The van der Waals surface area contributed by atoms with Gasteiger partial charge in [0.25, 0.3) is 11.8 Å². The maximum Gasteiger partial charge on any atom is 0.255 e. The number of carbonyl (C=O) groups excluding carboxylic acids is 4. The number of pyridine rings is 1. The summed E-state index contributed by atoms with van der Waals surface area (Å²) in [5.41, 5.74) is 6.10. The van der Waals surface area contributed by atoms with Gasteiger partial charge in [-0.1, -0.05) is 77.4 Å². The number of carbonyl (C=O) groups is 4. The minimum atomic E-state index is -0.887. The van der Waals surface area contributed by atoms with Crippen molar-refractivity contribution in [3.63, 3.8) is 0 Å². The molecule has 2 aromatic heterocycles. The van der Waals surface area contributed by atoms with Gasteiger partial charge < -0.3 is 39.9 Å². The van der Waals surface area contributed by atoms with E-state index in [0.717, 1.165) is 59.3 Å². The average Bonchev–Trinajstić information content (AvgIpc) is 4.12. The second-order valence-corrected chi connectivity index (χ2v) is 23.1. The topological polar surface area (TPSA) is 194 Å². The van der Waals surface area contributed by atoms with Crippen LogP contribution in [0.4, 0.5) is 5.82 Å². The monoisotopic (exact) mass is 1060 g/mol. The quantitative estimate of drug-likeness (QED) is 0.0875. The molecule has 0 unspecified atom stereocenters. The molecule has 75 heavy (non-hydrogen) atoms. The van der Waals surface area contributed by atoms with Gasteiger partial charge in [-0.25, -0.2) is 9.97 Å². The largest absolute Gasteiger partial charge is 0.492 e. The van der Waals surface area contributed by atoms with E-state index in [1.807, 2.05) is 75.7 Å². The molecular weight excluding hydrogens is 990 g/mol. The number of likely N-dealkylation sites (tertiary alicyclic amines) is 1. The molecule has 394 valence electrons. The first-order valence-corrected chi connectivity index (χ1v) is 27.0. The molecule has 5 aromatic rings. The highest BCUT2D eigenvalue weighted by molar-refractivity contribution is 7.13. The smallest absolute Gasteiger partial charge is 0.255 e. The molecule has 1 saturated carbocycles. The summed E-state index contributed by atoms with van der Waals surface area (Å²) in [5, 5.41) is 26.7. The van der Waals surface area contributed by atoms with Crippen molar-refractivity contribution in [2.75, 3.05) is 50.8 Å². The average molecular weight is 1060 g/mol. The number of rotatable bonds is 16. The predicted molar refractivity (Wildman–Crippen MR) is 288 cm³/mol. The zero-order chi connectivity index (χ0) is 53.5. The van der Waals surface area contributed by atoms with Crippen LogP contribution in [0.2, 0.25) is 5.02 Å². The number of nitrogens with one attached hydrogen (secondary N) is 2.